The summed E-state index contributed by atoms with van der Waals surface area (Å²) in [6.45, 7) is 2.32. The number of aryl methyl sites for hydroxylation is 1. The summed E-state index contributed by atoms with van der Waals surface area (Å²) < 4.78 is 7.80. The van der Waals surface area contributed by atoms with Crippen LogP contribution in [-0.2, 0) is 6.54 Å². The molecule has 2 rings (SSSR count). The van der Waals surface area contributed by atoms with Crippen LogP contribution in [0.4, 0.5) is 0 Å². The minimum Gasteiger partial charge on any atom is -0.337 e. The molecule has 0 aliphatic carbocycles. The molecule has 0 atom stereocenters. The molecule has 0 spiro atoms. The standard InChI is InChI=1S/C7H7IN4O/c1-5-10-7(13-11-5)4-12-3-6(8)2-9-12/h2-3H,4H2,1H3. The van der Waals surface area contributed by atoms with Gasteiger partial charge in [0.1, 0.15) is 6.54 Å². The van der Waals surface area contributed by atoms with E-state index in [0.29, 0.717) is 18.3 Å². The van der Waals surface area contributed by atoms with Crippen molar-refractivity contribution in [3.05, 3.63) is 27.7 Å². The van der Waals surface area contributed by atoms with Crippen LogP contribution < -0.4 is 0 Å². The Morgan fingerprint density at radius 1 is 1.62 bits per heavy atom. The first-order chi connectivity index (χ1) is 6.24. The molecule has 68 valence electrons. The summed E-state index contributed by atoms with van der Waals surface area (Å²) in [5.41, 5.74) is 0. The number of aromatic nitrogens is 4. The van der Waals surface area contributed by atoms with Crippen molar-refractivity contribution in [3.63, 3.8) is 0 Å². The lowest BCUT2D eigenvalue weighted by atomic mass is 10.6. The normalized spacial score (nSPS) is 10.6. The zero-order valence-corrected chi connectivity index (χ0v) is 9.09. The quantitative estimate of drug-likeness (QED) is 0.781. The Morgan fingerprint density at radius 3 is 3.00 bits per heavy atom. The monoisotopic (exact) mass is 290 g/mol. The summed E-state index contributed by atoms with van der Waals surface area (Å²) >= 11 is 2.20. The van der Waals surface area contributed by atoms with Crippen LogP contribution in [0.1, 0.15) is 11.7 Å². The molecule has 0 aliphatic rings. The summed E-state index contributed by atoms with van der Waals surface area (Å²) in [5.74, 6) is 1.23. The van der Waals surface area contributed by atoms with Gasteiger partial charge in [-0.2, -0.15) is 10.1 Å². The molecule has 0 unspecified atom stereocenters. The maximum absolute atomic E-state index is 4.95. The molecule has 6 heteroatoms. The minimum absolute atomic E-state index is 0.532. The molecule has 0 N–H and O–H groups in total. The lowest BCUT2D eigenvalue weighted by molar-refractivity contribution is 0.362. The number of rotatable bonds is 2. The highest BCUT2D eigenvalue weighted by Crippen LogP contribution is 2.04. The van der Waals surface area contributed by atoms with Crippen molar-refractivity contribution in [3.8, 4) is 0 Å². The van der Waals surface area contributed by atoms with Gasteiger partial charge in [0.05, 0.1) is 9.77 Å². The van der Waals surface area contributed by atoms with E-state index in [1.54, 1.807) is 17.8 Å². The zero-order valence-electron chi connectivity index (χ0n) is 6.94. The number of nitrogens with zero attached hydrogens (tertiary/aromatic N) is 4. The highest BCUT2D eigenvalue weighted by Gasteiger charge is 2.03. The molecule has 13 heavy (non-hydrogen) atoms. The number of hydrogen-bond donors (Lipinski definition) is 0. The van der Waals surface area contributed by atoms with Crippen molar-refractivity contribution in [2.45, 2.75) is 13.5 Å². The Kier molecular flexibility index (Phi) is 2.30. The Morgan fingerprint density at radius 2 is 2.46 bits per heavy atom. The van der Waals surface area contributed by atoms with Crippen molar-refractivity contribution < 1.29 is 4.52 Å². The predicted molar refractivity (Wildman–Crippen MR) is 53.1 cm³/mol. The van der Waals surface area contributed by atoms with Crippen LogP contribution in [0.15, 0.2) is 16.9 Å². The smallest absolute Gasteiger partial charge is 0.248 e. The van der Waals surface area contributed by atoms with Gasteiger partial charge >= 0.3 is 0 Å². The van der Waals surface area contributed by atoms with Crippen LogP contribution in [0, 0.1) is 10.5 Å². The average Bonchev–Trinajstić information content (AvgIpc) is 2.62. The highest BCUT2D eigenvalue weighted by molar-refractivity contribution is 14.1. The van der Waals surface area contributed by atoms with Crippen LogP contribution in [0.3, 0.4) is 0 Å². The molecule has 2 aromatic heterocycles. The average molecular weight is 290 g/mol. The predicted octanol–water partition coefficient (Wildman–Crippen LogP) is 1.23. The first-order valence-corrected chi connectivity index (χ1v) is 4.79. The summed E-state index contributed by atoms with van der Waals surface area (Å²) in [4.78, 5) is 4.07. The SMILES string of the molecule is Cc1noc(Cn2cc(I)cn2)n1. The van der Waals surface area contributed by atoms with Crippen LogP contribution in [-0.4, -0.2) is 19.9 Å². The van der Waals surface area contributed by atoms with Crippen molar-refractivity contribution in [1.82, 2.24) is 19.9 Å². The van der Waals surface area contributed by atoms with E-state index in [2.05, 4.69) is 37.8 Å². The van der Waals surface area contributed by atoms with E-state index in [1.807, 2.05) is 6.20 Å². The van der Waals surface area contributed by atoms with Crippen LogP contribution in [0.2, 0.25) is 0 Å². The molecular formula is C7H7IN4O. The van der Waals surface area contributed by atoms with Crippen molar-refractivity contribution >= 4 is 22.6 Å². The fraction of sp³-hybridized carbons (Fsp3) is 0.286. The Labute approximate surface area is 88.3 Å². The van der Waals surface area contributed by atoms with E-state index >= 15 is 0 Å². The lowest BCUT2D eigenvalue weighted by Gasteiger charge is -1.92. The second kappa shape index (κ2) is 3.44. The molecule has 0 bridgehead atoms. The van der Waals surface area contributed by atoms with E-state index < -0.39 is 0 Å². The van der Waals surface area contributed by atoms with E-state index in [9.17, 15) is 0 Å². The van der Waals surface area contributed by atoms with Gasteiger partial charge in [-0.1, -0.05) is 5.16 Å². The Hall–Kier alpha value is -0.920. The number of halogens is 1. The molecule has 5 nitrogen and oxygen atoms in total. The molecule has 0 amide bonds. The lowest BCUT2D eigenvalue weighted by Crippen LogP contribution is -1.99. The van der Waals surface area contributed by atoms with Crippen LogP contribution >= 0.6 is 22.6 Å². The van der Waals surface area contributed by atoms with E-state index in [0.717, 1.165) is 3.57 Å². The topological polar surface area (TPSA) is 56.7 Å². The van der Waals surface area contributed by atoms with Gasteiger partial charge < -0.3 is 4.52 Å². The van der Waals surface area contributed by atoms with E-state index in [1.165, 1.54) is 0 Å². The van der Waals surface area contributed by atoms with Gasteiger partial charge in [0, 0.05) is 6.20 Å². The van der Waals surface area contributed by atoms with Crippen molar-refractivity contribution in [2.75, 3.05) is 0 Å². The van der Waals surface area contributed by atoms with Gasteiger partial charge in [-0.3, -0.25) is 4.68 Å². The maximum Gasteiger partial charge on any atom is 0.248 e. The first-order valence-electron chi connectivity index (χ1n) is 3.71. The van der Waals surface area contributed by atoms with Crippen LogP contribution in [0.25, 0.3) is 0 Å². The van der Waals surface area contributed by atoms with Gasteiger partial charge in [0.15, 0.2) is 5.82 Å². The van der Waals surface area contributed by atoms with Gasteiger partial charge in [-0.15, -0.1) is 0 Å². The minimum atomic E-state index is 0.532. The molecule has 0 fully saturated rings. The summed E-state index contributed by atoms with van der Waals surface area (Å²) in [6, 6.07) is 0. The van der Waals surface area contributed by atoms with E-state index in [-0.39, 0.29) is 0 Å². The second-order valence-corrected chi connectivity index (χ2v) is 3.84. The van der Waals surface area contributed by atoms with Crippen molar-refractivity contribution in [1.29, 1.82) is 0 Å². The molecule has 0 radical (unpaired) electrons. The molecule has 0 saturated heterocycles. The molecule has 0 aromatic carbocycles. The van der Waals surface area contributed by atoms with Gasteiger partial charge in [-0.25, -0.2) is 0 Å². The highest BCUT2D eigenvalue weighted by atomic mass is 127. The van der Waals surface area contributed by atoms with Gasteiger partial charge in [-0.05, 0) is 29.5 Å². The Bertz CT molecular complexity index is 370. The van der Waals surface area contributed by atoms with Gasteiger partial charge in [0.2, 0.25) is 5.89 Å². The fourth-order valence-electron chi connectivity index (χ4n) is 0.968. The Balaban J connectivity index is 2.14. The molecule has 2 aromatic rings. The largest absolute Gasteiger partial charge is 0.337 e. The first kappa shape index (κ1) is 8.67. The summed E-state index contributed by atoms with van der Waals surface area (Å²) in [5, 5.41) is 7.79. The third-order valence-corrected chi connectivity index (χ3v) is 2.03. The second-order valence-electron chi connectivity index (χ2n) is 2.59. The van der Waals surface area contributed by atoms with E-state index in [4.69, 9.17) is 4.52 Å². The maximum atomic E-state index is 4.95. The van der Waals surface area contributed by atoms with Gasteiger partial charge in [0.25, 0.3) is 0 Å². The van der Waals surface area contributed by atoms with Crippen molar-refractivity contribution in [2.24, 2.45) is 0 Å². The molecule has 0 saturated carbocycles. The summed E-state index contributed by atoms with van der Waals surface area (Å²) in [6.07, 6.45) is 3.70. The molecule has 0 aliphatic heterocycles. The number of hydrogen-bond acceptors (Lipinski definition) is 4. The molecule has 2 heterocycles. The third kappa shape index (κ3) is 2.06. The van der Waals surface area contributed by atoms with Crippen LogP contribution in [0.5, 0.6) is 0 Å². The molecular weight excluding hydrogens is 283 g/mol. The summed E-state index contributed by atoms with van der Waals surface area (Å²) in [7, 11) is 0. The third-order valence-electron chi connectivity index (χ3n) is 1.47. The zero-order chi connectivity index (χ0) is 9.26. The fourth-order valence-corrected chi connectivity index (χ4v) is 1.41.